The number of nitrogens with zero attached hydrogens (tertiary/aromatic N) is 2. The van der Waals surface area contributed by atoms with Crippen LogP contribution in [0.5, 0.6) is 0 Å². The van der Waals surface area contributed by atoms with E-state index in [2.05, 4.69) is 16.3 Å². The van der Waals surface area contributed by atoms with Crippen molar-refractivity contribution in [2.75, 3.05) is 32.7 Å². The third kappa shape index (κ3) is 5.62. The van der Waals surface area contributed by atoms with Crippen molar-refractivity contribution >= 4 is 24.8 Å². The molecule has 0 saturated carbocycles. The van der Waals surface area contributed by atoms with Gasteiger partial charge >= 0.3 is 0 Å². The second kappa shape index (κ2) is 9.08. The summed E-state index contributed by atoms with van der Waals surface area (Å²) in [6, 6.07) is 2.15. The summed E-state index contributed by atoms with van der Waals surface area (Å²) in [7, 11) is 0. The van der Waals surface area contributed by atoms with Crippen molar-refractivity contribution in [3.05, 3.63) is 0 Å². The molecule has 1 fully saturated rings. The smallest absolute Gasteiger partial charge is 0.0635 e. The second-order valence-corrected chi connectivity index (χ2v) is 2.50. The monoisotopic (exact) mass is 211 g/mol. The Morgan fingerprint density at radius 3 is 2.33 bits per heavy atom. The van der Waals surface area contributed by atoms with Gasteiger partial charge in [-0.15, -0.1) is 24.8 Å². The fourth-order valence-corrected chi connectivity index (χ4v) is 1.14. The molecule has 12 heavy (non-hydrogen) atoms. The molecular formula is C7H15Cl2N3. The van der Waals surface area contributed by atoms with Gasteiger partial charge in [-0.25, -0.2) is 0 Å². The van der Waals surface area contributed by atoms with Gasteiger partial charge in [0, 0.05) is 39.1 Å². The lowest BCUT2D eigenvalue weighted by Crippen LogP contribution is -2.43. The van der Waals surface area contributed by atoms with Crippen LogP contribution in [-0.4, -0.2) is 37.6 Å². The van der Waals surface area contributed by atoms with Gasteiger partial charge in [0.15, 0.2) is 0 Å². The summed E-state index contributed by atoms with van der Waals surface area (Å²) in [5, 5.41) is 11.6. The average molecular weight is 212 g/mol. The summed E-state index contributed by atoms with van der Waals surface area (Å²) in [5.41, 5.74) is 0. The van der Waals surface area contributed by atoms with Crippen LogP contribution in [0.1, 0.15) is 6.42 Å². The third-order valence-corrected chi connectivity index (χ3v) is 1.75. The van der Waals surface area contributed by atoms with Crippen LogP contribution < -0.4 is 5.32 Å². The van der Waals surface area contributed by atoms with Gasteiger partial charge in [0.2, 0.25) is 0 Å². The maximum Gasteiger partial charge on any atom is 0.0635 e. The van der Waals surface area contributed by atoms with Gasteiger partial charge in [-0.1, -0.05) is 0 Å². The van der Waals surface area contributed by atoms with E-state index in [1.807, 2.05) is 0 Å². The summed E-state index contributed by atoms with van der Waals surface area (Å²) >= 11 is 0. The van der Waals surface area contributed by atoms with Crippen LogP contribution >= 0.6 is 24.8 Å². The van der Waals surface area contributed by atoms with Crippen molar-refractivity contribution in [3.63, 3.8) is 0 Å². The predicted molar refractivity (Wildman–Crippen MR) is 54.0 cm³/mol. The molecule has 5 heteroatoms. The first kappa shape index (κ1) is 14.5. The fourth-order valence-electron chi connectivity index (χ4n) is 1.14. The molecule has 0 bridgehead atoms. The van der Waals surface area contributed by atoms with E-state index in [0.717, 1.165) is 32.7 Å². The molecule has 0 spiro atoms. The Morgan fingerprint density at radius 1 is 1.25 bits per heavy atom. The summed E-state index contributed by atoms with van der Waals surface area (Å²) in [6.45, 7) is 5.29. The van der Waals surface area contributed by atoms with Crippen LogP contribution in [0.15, 0.2) is 0 Å². The van der Waals surface area contributed by atoms with E-state index in [9.17, 15) is 0 Å². The van der Waals surface area contributed by atoms with Crippen molar-refractivity contribution in [3.8, 4) is 6.07 Å². The number of hydrogen-bond donors (Lipinski definition) is 1. The van der Waals surface area contributed by atoms with Crippen molar-refractivity contribution in [2.45, 2.75) is 6.42 Å². The van der Waals surface area contributed by atoms with Gasteiger partial charge < -0.3 is 5.32 Å². The Morgan fingerprint density at radius 2 is 1.83 bits per heavy atom. The van der Waals surface area contributed by atoms with E-state index in [1.54, 1.807) is 0 Å². The van der Waals surface area contributed by atoms with Crippen molar-refractivity contribution in [1.82, 2.24) is 10.2 Å². The number of nitrogens with one attached hydrogen (secondary N) is 1. The molecule has 0 radical (unpaired) electrons. The molecule has 1 saturated heterocycles. The Hall–Kier alpha value is -0.0100. The third-order valence-electron chi connectivity index (χ3n) is 1.75. The van der Waals surface area contributed by atoms with Gasteiger partial charge in [0.1, 0.15) is 0 Å². The zero-order valence-corrected chi connectivity index (χ0v) is 8.59. The molecule has 1 aliphatic heterocycles. The van der Waals surface area contributed by atoms with Crippen LogP contribution in [0.3, 0.4) is 0 Å². The molecule has 1 aliphatic rings. The fraction of sp³-hybridized carbons (Fsp3) is 0.857. The van der Waals surface area contributed by atoms with Gasteiger partial charge in [0.05, 0.1) is 6.07 Å². The number of hydrogen-bond acceptors (Lipinski definition) is 3. The number of nitriles is 1. The predicted octanol–water partition coefficient (Wildman–Crippen LogP) is 0.649. The molecule has 3 nitrogen and oxygen atoms in total. The normalized spacial score (nSPS) is 16.9. The zero-order valence-electron chi connectivity index (χ0n) is 6.95. The van der Waals surface area contributed by atoms with Crippen LogP contribution in [0, 0.1) is 11.3 Å². The highest BCUT2D eigenvalue weighted by Gasteiger charge is 2.07. The van der Waals surface area contributed by atoms with Crippen LogP contribution in [0.25, 0.3) is 0 Å². The van der Waals surface area contributed by atoms with Crippen molar-refractivity contribution in [2.24, 2.45) is 0 Å². The number of rotatable bonds is 2. The highest BCUT2D eigenvalue weighted by Crippen LogP contribution is 1.92. The molecule has 1 N–H and O–H groups in total. The quantitative estimate of drug-likeness (QED) is 0.730. The van der Waals surface area contributed by atoms with Crippen LogP contribution in [-0.2, 0) is 0 Å². The lowest BCUT2D eigenvalue weighted by atomic mass is 10.3. The summed E-state index contributed by atoms with van der Waals surface area (Å²) in [6.07, 6.45) is 0.667. The molecule has 72 valence electrons. The Kier molecular flexibility index (Phi) is 11.0. The molecule has 0 aromatic carbocycles. The molecule has 0 atom stereocenters. The average Bonchev–Trinajstić information content (AvgIpc) is 2.03. The minimum atomic E-state index is 0. The minimum absolute atomic E-state index is 0. The van der Waals surface area contributed by atoms with Crippen molar-refractivity contribution in [1.29, 1.82) is 5.26 Å². The van der Waals surface area contributed by atoms with E-state index in [0.29, 0.717) is 6.42 Å². The standard InChI is InChI=1S/C7H13N3.2ClH/c8-2-1-5-10-6-3-9-4-7-10;;/h9H,1,3-7H2;2*1H. The molecule has 0 amide bonds. The molecular weight excluding hydrogens is 197 g/mol. The molecule has 1 heterocycles. The lowest BCUT2D eigenvalue weighted by molar-refractivity contribution is 0.246. The summed E-state index contributed by atoms with van der Waals surface area (Å²) in [5.74, 6) is 0. The van der Waals surface area contributed by atoms with Gasteiger partial charge in [-0.3, -0.25) is 4.90 Å². The maximum atomic E-state index is 8.30. The molecule has 0 aromatic rings. The Labute approximate surface area is 85.9 Å². The van der Waals surface area contributed by atoms with Gasteiger partial charge in [0.25, 0.3) is 0 Å². The molecule has 0 unspecified atom stereocenters. The Balaban J connectivity index is 0. The first-order valence-corrected chi connectivity index (χ1v) is 3.73. The second-order valence-electron chi connectivity index (χ2n) is 2.50. The van der Waals surface area contributed by atoms with E-state index >= 15 is 0 Å². The topological polar surface area (TPSA) is 39.1 Å². The van der Waals surface area contributed by atoms with Crippen LogP contribution in [0.2, 0.25) is 0 Å². The number of halogens is 2. The lowest BCUT2D eigenvalue weighted by Gasteiger charge is -2.25. The van der Waals surface area contributed by atoms with E-state index < -0.39 is 0 Å². The van der Waals surface area contributed by atoms with E-state index in [-0.39, 0.29) is 24.8 Å². The number of piperazine rings is 1. The van der Waals surface area contributed by atoms with Crippen LogP contribution in [0.4, 0.5) is 0 Å². The molecule has 0 aliphatic carbocycles. The Bertz CT molecular complexity index is 129. The highest BCUT2D eigenvalue weighted by atomic mass is 35.5. The summed E-state index contributed by atoms with van der Waals surface area (Å²) < 4.78 is 0. The maximum absolute atomic E-state index is 8.30. The largest absolute Gasteiger partial charge is 0.314 e. The van der Waals surface area contributed by atoms with Gasteiger partial charge in [-0.2, -0.15) is 5.26 Å². The first-order valence-electron chi connectivity index (χ1n) is 3.73. The SMILES string of the molecule is Cl.Cl.N#CCCN1CCNCC1. The highest BCUT2D eigenvalue weighted by molar-refractivity contribution is 5.85. The minimum Gasteiger partial charge on any atom is -0.314 e. The van der Waals surface area contributed by atoms with Gasteiger partial charge in [-0.05, 0) is 0 Å². The first-order chi connectivity index (χ1) is 4.93. The summed E-state index contributed by atoms with van der Waals surface area (Å²) in [4.78, 5) is 2.32. The van der Waals surface area contributed by atoms with E-state index in [1.165, 1.54) is 0 Å². The molecule has 0 aromatic heterocycles. The zero-order chi connectivity index (χ0) is 7.23. The van der Waals surface area contributed by atoms with E-state index in [4.69, 9.17) is 5.26 Å². The van der Waals surface area contributed by atoms with Crippen molar-refractivity contribution < 1.29 is 0 Å². The molecule has 1 rings (SSSR count).